The van der Waals surface area contributed by atoms with Gasteiger partial charge in [0.1, 0.15) is 0 Å². The predicted molar refractivity (Wildman–Crippen MR) is 122 cm³/mol. The molecule has 30 heavy (non-hydrogen) atoms. The van der Waals surface area contributed by atoms with Gasteiger partial charge in [0.2, 0.25) is 0 Å². The van der Waals surface area contributed by atoms with Crippen LogP contribution < -0.4 is 0 Å². The van der Waals surface area contributed by atoms with Crippen molar-refractivity contribution < 1.29 is 15.3 Å². The lowest BCUT2D eigenvalue weighted by Gasteiger charge is -2.44. The SMILES string of the molecule is C=C1C(=CC=C2CCC[C@]3(C)[C@@H]([C@@H](C)C=CC(O)C4CC4)CC[C@@H]23)C[C@@H](O)C[C@@H]1O. The third kappa shape index (κ3) is 4.40. The average molecular weight is 413 g/mol. The molecule has 0 bridgehead atoms. The summed E-state index contributed by atoms with van der Waals surface area (Å²) < 4.78 is 0. The first-order valence-electron chi connectivity index (χ1n) is 12.1. The largest absolute Gasteiger partial charge is 0.393 e. The van der Waals surface area contributed by atoms with Crippen molar-refractivity contribution in [2.24, 2.45) is 29.1 Å². The zero-order valence-electron chi connectivity index (χ0n) is 18.8. The highest BCUT2D eigenvalue weighted by Gasteiger charge is 2.50. The van der Waals surface area contributed by atoms with Gasteiger partial charge in [0.05, 0.1) is 18.3 Å². The summed E-state index contributed by atoms with van der Waals surface area (Å²) in [6.45, 7) is 8.88. The fraction of sp³-hybridized carbons (Fsp3) is 0.704. The Hall–Kier alpha value is -1.16. The Morgan fingerprint density at radius 3 is 2.60 bits per heavy atom. The van der Waals surface area contributed by atoms with E-state index < -0.39 is 12.2 Å². The molecule has 3 nitrogen and oxygen atoms in total. The Morgan fingerprint density at radius 2 is 1.87 bits per heavy atom. The normalized spacial score (nSPS) is 42.1. The fourth-order valence-corrected chi connectivity index (χ4v) is 6.63. The molecule has 0 aliphatic heterocycles. The summed E-state index contributed by atoms with van der Waals surface area (Å²) >= 11 is 0. The Labute approximate surface area is 182 Å². The standard InChI is InChI=1S/C27H40O3/c1-17(6-13-25(29)20-8-9-20)23-11-12-24-19(5-4-14-27(23,24)3)7-10-21-15-22(28)16-26(30)18(21)2/h6-7,10,13,17,20,22-26,28-30H,2,4-5,8-9,11-12,14-16H2,1,3H3/t17-,22+,23+,24-,25?,26-,27+/m0/s1. The van der Waals surface area contributed by atoms with Gasteiger partial charge in [-0.3, -0.25) is 0 Å². The summed E-state index contributed by atoms with van der Waals surface area (Å²) in [5, 5.41) is 30.4. The van der Waals surface area contributed by atoms with E-state index in [9.17, 15) is 15.3 Å². The molecule has 0 aromatic carbocycles. The summed E-state index contributed by atoms with van der Waals surface area (Å²) in [7, 11) is 0. The van der Waals surface area contributed by atoms with Gasteiger partial charge in [0, 0.05) is 6.42 Å². The monoisotopic (exact) mass is 412 g/mol. The Balaban J connectivity index is 1.48. The minimum Gasteiger partial charge on any atom is -0.393 e. The molecular formula is C27H40O3. The number of hydrogen-bond donors (Lipinski definition) is 3. The lowest BCUT2D eigenvalue weighted by molar-refractivity contribution is 0.0862. The molecule has 4 saturated carbocycles. The van der Waals surface area contributed by atoms with Crippen LogP contribution in [0.1, 0.15) is 71.6 Å². The van der Waals surface area contributed by atoms with Crippen molar-refractivity contribution in [1.82, 2.24) is 0 Å². The summed E-state index contributed by atoms with van der Waals surface area (Å²) in [6, 6.07) is 0. The molecule has 3 N–H and O–H groups in total. The first kappa shape index (κ1) is 22.0. The van der Waals surface area contributed by atoms with Crippen molar-refractivity contribution in [2.75, 3.05) is 0 Å². The van der Waals surface area contributed by atoms with Gasteiger partial charge in [0.15, 0.2) is 0 Å². The van der Waals surface area contributed by atoms with Crippen LogP contribution in [0.4, 0.5) is 0 Å². The maximum absolute atomic E-state index is 10.2. The predicted octanol–water partition coefficient (Wildman–Crippen LogP) is 5.09. The Kier molecular flexibility index (Phi) is 6.44. The molecule has 7 atom stereocenters. The second-order valence-electron chi connectivity index (χ2n) is 10.7. The molecule has 4 aliphatic carbocycles. The van der Waals surface area contributed by atoms with Crippen LogP contribution in [0.15, 0.2) is 47.6 Å². The first-order valence-corrected chi connectivity index (χ1v) is 12.1. The molecule has 0 saturated heterocycles. The molecule has 0 amide bonds. The molecule has 0 aromatic heterocycles. The second kappa shape index (κ2) is 8.76. The van der Waals surface area contributed by atoms with E-state index in [1.165, 1.54) is 44.1 Å². The van der Waals surface area contributed by atoms with Crippen LogP contribution >= 0.6 is 0 Å². The van der Waals surface area contributed by atoms with E-state index in [-0.39, 0.29) is 6.10 Å². The van der Waals surface area contributed by atoms with Crippen molar-refractivity contribution in [3.63, 3.8) is 0 Å². The van der Waals surface area contributed by atoms with Crippen molar-refractivity contribution in [1.29, 1.82) is 0 Å². The van der Waals surface area contributed by atoms with Gasteiger partial charge in [0.25, 0.3) is 0 Å². The minimum atomic E-state index is -0.621. The van der Waals surface area contributed by atoms with E-state index in [0.29, 0.717) is 41.9 Å². The molecule has 1 unspecified atom stereocenters. The van der Waals surface area contributed by atoms with E-state index >= 15 is 0 Å². The van der Waals surface area contributed by atoms with Crippen LogP contribution in [0, 0.1) is 29.1 Å². The molecule has 4 fully saturated rings. The van der Waals surface area contributed by atoms with Crippen LogP contribution in [0.5, 0.6) is 0 Å². The highest BCUT2D eigenvalue weighted by molar-refractivity contribution is 5.38. The highest BCUT2D eigenvalue weighted by atomic mass is 16.3. The van der Waals surface area contributed by atoms with Crippen LogP contribution in [0.25, 0.3) is 0 Å². The molecule has 0 spiro atoms. The maximum Gasteiger partial charge on any atom is 0.0811 e. The average Bonchev–Trinajstić information content (AvgIpc) is 3.49. The molecule has 0 radical (unpaired) electrons. The van der Waals surface area contributed by atoms with E-state index in [2.05, 4.69) is 44.7 Å². The third-order valence-corrected chi connectivity index (χ3v) is 8.65. The van der Waals surface area contributed by atoms with Crippen molar-refractivity contribution in [2.45, 2.75) is 89.9 Å². The van der Waals surface area contributed by atoms with Crippen LogP contribution in [0.2, 0.25) is 0 Å². The number of aliphatic hydroxyl groups is 3. The summed E-state index contributed by atoms with van der Waals surface area (Å²) in [4.78, 5) is 0. The third-order valence-electron chi connectivity index (χ3n) is 8.65. The summed E-state index contributed by atoms with van der Waals surface area (Å²) in [5.41, 5.74) is 3.63. The van der Waals surface area contributed by atoms with Crippen molar-refractivity contribution in [3.05, 3.63) is 47.6 Å². The lowest BCUT2D eigenvalue weighted by Crippen LogP contribution is -2.35. The van der Waals surface area contributed by atoms with E-state index in [1.54, 1.807) is 0 Å². The van der Waals surface area contributed by atoms with Gasteiger partial charge in [-0.2, -0.15) is 0 Å². The van der Waals surface area contributed by atoms with Crippen LogP contribution in [-0.4, -0.2) is 33.6 Å². The van der Waals surface area contributed by atoms with Crippen molar-refractivity contribution >= 4 is 0 Å². The number of aliphatic hydroxyl groups excluding tert-OH is 3. The van der Waals surface area contributed by atoms with Crippen LogP contribution in [-0.2, 0) is 0 Å². The van der Waals surface area contributed by atoms with Gasteiger partial charge >= 0.3 is 0 Å². The quantitative estimate of drug-likeness (QED) is 0.551. The summed E-state index contributed by atoms with van der Waals surface area (Å²) in [6.07, 6.45) is 16.9. The van der Waals surface area contributed by atoms with Gasteiger partial charge in [-0.05, 0) is 91.6 Å². The number of hydrogen-bond acceptors (Lipinski definition) is 3. The number of allylic oxidation sites excluding steroid dienone is 4. The lowest BCUT2D eigenvalue weighted by atomic mass is 9.61. The van der Waals surface area contributed by atoms with E-state index in [0.717, 1.165) is 17.6 Å². The molecule has 3 heteroatoms. The molecular weight excluding hydrogens is 372 g/mol. The topological polar surface area (TPSA) is 60.7 Å². The smallest absolute Gasteiger partial charge is 0.0811 e. The maximum atomic E-state index is 10.2. The zero-order chi connectivity index (χ0) is 21.5. The minimum absolute atomic E-state index is 0.250. The number of fused-ring (bicyclic) bond motifs is 1. The second-order valence-corrected chi connectivity index (χ2v) is 10.7. The van der Waals surface area contributed by atoms with Gasteiger partial charge in [-0.15, -0.1) is 0 Å². The molecule has 166 valence electrons. The first-order chi connectivity index (χ1) is 14.3. The fourth-order valence-electron chi connectivity index (χ4n) is 6.63. The van der Waals surface area contributed by atoms with Gasteiger partial charge in [-0.25, -0.2) is 0 Å². The molecule has 4 aliphatic rings. The van der Waals surface area contributed by atoms with Gasteiger partial charge < -0.3 is 15.3 Å². The van der Waals surface area contributed by atoms with E-state index in [1.807, 2.05) is 0 Å². The summed E-state index contributed by atoms with van der Waals surface area (Å²) in [5.74, 6) is 2.28. The van der Waals surface area contributed by atoms with Gasteiger partial charge in [-0.1, -0.05) is 50.3 Å². The molecule has 0 aromatic rings. The highest BCUT2D eigenvalue weighted by Crippen LogP contribution is 2.59. The molecule has 0 heterocycles. The number of rotatable bonds is 5. The Morgan fingerprint density at radius 1 is 1.10 bits per heavy atom. The Bertz CT molecular complexity index is 743. The van der Waals surface area contributed by atoms with Crippen molar-refractivity contribution in [3.8, 4) is 0 Å². The molecule has 4 rings (SSSR count). The zero-order valence-corrected chi connectivity index (χ0v) is 18.8. The van der Waals surface area contributed by atoms with Crippen LogP contribution in [0.3, 0.4) is 0 Å². The van der Waals surface area contributed by atoms with E-state index in [4.69, 9.17) is 0 Å².